The van der Waals surface area contributed by atoms with E-state index >= 15 is 0 Å². The molecule has 21 heavy (non-hydrogen) atoms. The van der Waals surface area contributed by atoms with Crippen LogP contribution in [0.25, 0.3) is 0 Å². The fraction of sp³-hybridized carbons (Fsp3) is 0.316. The lowest BCUT2D eigenvalue weighted by molar-refractivity contribution is 0.0993. The minimum absolute atomic E-state index is 0.0152. The number of rotatable bonds is 5. The molecular formula is C19H21FO. The highest BCUT2D eigenvalue weighted by molar-refractivity contribution is 5.97. The number of benzene rings is 2. The van der Waals surface area contributed by atoms with Crippen molar-refractivity contribution in [2.45, 2.75) is 39.0 Å². The van der Waals surface area contributed by atoms with Gasteiger partial charge in [0.25, 0.3) is 0 Å². The fourth-order valence-corrected chi connectivity index (χ4v) is 2.25. The number of carbonyl (C=O) groups excluding carboxylic acids is 1. The Bertz CT molecular complexity index is 626. The van der Waals surface area contributed by atoms with Gasteiger partial charge < -0.3 is 0 Å². The molecule has 0 N–H and O–H groups in total. The molecule has 0 spiro atoms. The van der Waals surface area contributed by atoms with Gasteiger partial charge in [-0.05, 0) is 35.1 Å². The van der Waals surface area contributed by atoms with Crippen molar-refractivity contribution in [3.05, 3.63) is 71.0 Å². The van der Waals surface area contributed by atoms with Crippen LogP contribution in [0.1, 0.15) is 48.7 Å². The van der Waals surface area contributed by atoms with Crippen molar-refractivity contribution in [1.82, 2.24) is 0 Å². The molecule has 0 atom stereocenters. The number of ketones is 1. The Balaban J connectivity index is 2.13. The molecule has 0 aliphatic carbocycles. The maximum absolute atomic E-state index is 13.1. The lowest BCUT2D eigenvalue weighted by Crippen LogP contribution is -2.15. The van der Waals surface area contributed by atoms with Gasteiger partial charge in [0.2, 0.25) is 0 Å². The lowest BCUT2D eigenvalue weighted by Gasteiger charge is -2.23. The summed E-state index contributed by atoms with van der Waals surface area (Å²) in [5.74, 6) is -0.290. The Morgan fingerprint density at radius 1 is 1.10 bits per heavy atom. The van der Waals surface area contributed by atoms with Gasteiger partial charge >= 0.3 is 0 Å². The molecule has 0 fully saturated rings. The van der Waals surface area contributed by atoms with Crippen LogP contribution < -0.4 is 0 Å². The molecule has 0 bridgehead atoms. The first-order valence-corrected chi connectivity index (χ1v) is 7.30. The van der Waals surface area contributed by atoms with Crippen molar-refractivity contribution in [1.29, 1.82) is 0 Å². The summed E-state index contributed by atoms with van der Waals surface area (Å²) in [7, 11) is 0. The van der Waals surface area contributed by atoms with Gasteiger partial charge in [0, 0.05) is 12.0 Å². The van der Waals surface area contributed by atoms with Crippen LogP contribution in [0.4, 0.5) is 4.39 Å². The molecule has 0 aliphatic rings. The summed E-state index contributed by atoms with van der Waals surface area (Å²) < 4.78 is 13.1. The van der Waals surface area contributed by atoms with E-state index in [9.17, 15) is 9.18 Å². The van der Waals surface area contributed by atoms with Gasteiger partial charge in [-0.3, -0.25) is 4.79 Å². The van der Waals surface area contributed by atoms with E-state index in [1.54, 1.807) is 12.1 Å². The third kappa shape index (κ3) is 3.78. The van der Waals surface area contributed by atoms with E-state index in [1.165, 1.54) is 17.7 Å². The van der Waals surface area contributed by atoms with Crippen molar-refractivity contribution in [3.8, 4) is 0 Å². The van der Waals surface area contributed by atoms with Gasteiger partial charge in [0.15, 0.2) is 5.78 Å². The number of carbonyl (C=O) groups is 1. The monoisotopic (exact) mass is 284 g/mol. The Morgan fingerprint density at radius 2 is 1.76 bits per heavy atom. The highest BCUT2D eigenvalue weighted by Gasteiger charge is 2.18. The van der Waals surface area contributed by atoms with Crippen LogP contribution in [0, 0.1) is 5.82 Å². The van der Waals surface area contributed by atoms with Gasteiger partial charge in [-0.1, -0.05) is 57.2 Å². The molecule has 110 valence electrons. The lowest BCUT2D eigenvalue weighted by atomic mass is 9.82. The summed E-state index contributed by atoms with van der Waals surface area (Å²) in [4.78, 5) is 12.2. The van der Waals surface area contributed by atoms with Gasteiger partial charge in [0.1, 0.15) is 5.82 Å². The summed E-state index contributed by atoms with van der Waals surface area (Å²) in [6.45, 7) is 6.54. The minimum atomic E-state index is -0.305. The molecule has 2 heteroatoms. The zero-order valence-electron chi connectivity index (χ0n) is 12.8. The number of hydrogen-bond acceptors (Lipinski definition) is 1. The second-order valence-corrected chi connectivity index (χ2v) is 6.04. The highest BCUT2D eigenvalue weighted by Crippen LogP contribution is 2.26. The maximum atomic E-state index is 13.1. The topological polar surface area (TPSA) is 17.1 Å². The Morgan fingerprint density at radius 3 is 2.33 bits per heavy atom. The third-order valence-electron chi connectivity index (χ3n) is 4.13. The van der Waals surface area contributed by atoms with E-state index in [0.717, 1.165) is 6.42 Å². The average Bonchev–Trinajstić information content (AvgIpc) is 2.47. The van der Waals surface area contributed by atoms with E-state index < -0.39 is 0 Å². The predicted octanol–water partition coefficient (Wildman–Crippen LogP) is 4.94. The van der Waals surface area contributed by atoms with Crippen LogP contribution >= 0.6 is 0 Å². The van der Waals surface area contributed by atoms with Crippen molar-refractivity contribution in [3.63, 3.8) is 0 Å². The third-order valence-corrected chi connectivity index (χ3v) is 4.13. The molecule has 0 amide bonds. The summed E-state index contributed by atoms with van der Waals surface area (Å²) in [5.41, 5.74) is 2.73. The molecule has 0 radical (unpaired) electrons. The van der Waals surface area contributed by atoms with E-state index in [4.69, 9.17) is 0 Å². The highest BCUT2D eigenvalue weighted by atomic mass is 19.1. The molecule has 0 saturated heterocycles. The van der Waals surface area contributed by atoms with E-state index in [2.05, 4.69) is 20.8 Å². The zero-order chi connectivity index (χ0) is 15.5. The molecule has 1 nitrogen and oxygen atoms in total. The molecule has 2 aromatic rings. The standard InChI is InChI=1S/C19H21FO/c1-4-19(2,3)16-10-8-15(9-11-16)18(21)13-14-6-5-7-17(20)12-14/h5-12H,4,13H2,1-3H3. The van der Waals surface area contributed by atoms with Crippen molar-refractivity contribution in [2.24, 2.45) is 0 Å². The maximum Gasteiger partial charge on any atom is 0.167 e. The number of Topliss-reactive ketones (excluding diaryl/α,β-unsaturated/α-hetero) is 1. The summed E-state index contributed by atoms with van der Waals surface area (Å²) in [6, 6.07) is 14.0. The second kappa shape index (κ2) is 6.21. The Labute approximate surface area is 125 Å². The normalized spacial score (nSPS) is 11.4. The first-order chi connectivity index (χ1) is 9.92. The van der Waals surface area contributed by atoms with Crippen molar-refractivity contribution in [2.75, 3.05) is 0 Å². The number of halogens is 1. The first kappa shape index (κ1) is 15.4. The van der Waals surface area contributed by atoms with Crippen LogP contribution in [0.3, 0.4) is 0 Å². The molecule has 0 aliphatic heterocycles. The van der Waals surface area contributed by atoms with Gasteiger partial charge in [-0.25, -0.2) is 4.39 Å². The van der Waals surface area contributed by atoms with E-state index in [0.29, 0.717) is 11.1 Å². The van der Waals surface area contributed by atoms with Crippen LogP contribution in [0.15, 0.2) is 48.5 Å². The van der Waals surface area contributed by atoms with Gasteiger partial charge in [0.05, 0.1) is 0 Å². The fourth-order valence-electron chi connectivity index (χ4n) is 2.25. The van der Waals surface area contributed by atoms with Crippen LogP contribution in [0.2, 0.25) is 0 Å². The predicted molar refractivity (Wildman–Crippen MR) is 84.2 cm³/mol. The molecule has 2 aromatic carbocycles. The second-order valence-electron chi connectivity index (χ2n) is 6.04. The quantitative estimate of drug-likeness (QED) is 0.711. The van der Waals surface area contributed by atoms with Gasteiger partial charge in [-0.2, -0.15) is 0 Å². The van der Waals surface area contributed by atoms with E-state index in [1.807, 2.05) is 24.3 Å². The first-order valence-electron chi connectivity index (χ1n) is 7.30. The summed E-state index contributed by atoms with van der Waals surface area (Å²) >= 11 is 0. The van der Waals surface area contributed by atoms with Crippen LogP contribution in [-0.2, 0) is 11.8 Å². The Hall–Kier alpha value is -1.96. The molecule has 0 heterocycles. The van der Waals surface area contributed by atoms with Gasteiger partial charge in [-0.15, -0.1) is 0 Å². The summed E-state index contributed by atoms with van der Waals surface area (Å²) in [5, 5.41) is 0. The molecular weight excluding hydrogens is 263 g/mol. The molecule has 0 saturated carbocycles. The van der Waals surface area contributed by atoms with Crippen molar-refractivity contribution >= 4 is 5.78 Å². The smallest absolute Gasteiger partial charge is 0.167 e. The molecule has 0 unspecified atom stereocenters. The van der Waals surface area contributed by atoms with Crippen LogP contribution in [0.5, 0.6) is 0 Å². The zero-order valence-corrected chi connectivity index (χ0v) is 12.8. The molecule has 2 rings (SSSR count). The average molecular weight is 284 g/mol. The van der Waals surface area contributed by atoms with E-state index in [-0.39, 0.29) is 23.4 Å². The minimum Gasteiger partial charge on any atom is -0.294 e. The SMILES string of the molecule is CCC(C)(C)c1ccc(C(=O)Cc2cccc(F)c2)cc1. The summed E-state index contributed by atoms with van der Waals surface area (Å²) in [6.07, 6.45) is 1.28. The largest absolute Gasteiger partial charge is 0.294 e. The van der Waals surface area contributed by atoms with Crippen molar-refractivity contribution < 1.29 is 9.18 Å². The van der Waals surface area contributed by atoms with Crippen LogP contribution in [-0.4, -0.2) is 5.78 Å². The Kier molecular flexibility index (Phi) is 4.56. The molecule has 0 aromatic heterocycles. The number of hydrogen-bond donors (Lipinski definition) is 0.